The van der Waals surface area contributed by atoms with Crippen LogP contribution in [-0.4, -0.2) is 70.1 Å². The topological polar surface area (TPSA) is 95.6 Å². The van der Waals surface area contributed by atoms with Gasteiger partial charge in [-0.3, -0.25) is 4.99 Å². The summed E-state index contributed by atoms with van der Waals surface area (Å²) in [6.45, 7) is 8.25. The van der Waals surface area contributed by atoms with Crippen LogP contribution in [0.15, 0.2) is 9.52 Å². The Morgan fingerprint density at radius 1 is 1.28 bits per heavy atom. The average Bonchev–Trinajstić information content (AvgIpc) is 3.28. The molecule has 0 saturated carbocycles. The zero-order valence-corrected chi connectivity index (χ0v) is 15.7. The van der Waals surface area contributed by atoms with Gasteiger partial charge in [-0.25, -0.2) is 4.98 Å². The molecular formula is C15H24N8OS. The lowest BCUT2D eigenvalue weighted by molar-refractivity contribution is 0.363. The zero-order valence-electron chi connectivity index (χ0n) is 14.9. The van der Waals surface area contributed by atoms with Crippen LogP contribution in [0.5, 0.6) is 0 Å². The quantitative estimate of drug-likeness (QED) is 0.613. The number of piperazine rings is 1. The number of rotatable bonds is 5. The number of aliphatic imine (C=N–C) groups is 1. The van der Waals surface area contributed by atoms with Gasteiger partial charge in [0.2, 0.25) is 11.0 Å². The summed E-state index contributed by atoms with van der Waals surface area (Å²) in [6, 6.07) is 0. The first-order chi connectivity index (χ1) is 12.2. The minimum absolute atomic E-state index is 0.647. The molecule has 0 aliphatic carbocycles. The molecule has 1 aliphatic heterocycles. The number of hydrogen-bond acceptors (Lipinski definition) is 8. The Balaban J connectivity index is 1.46. The van der Waals surface area contributed by atoms with Gasteiger partial charge in [-0.1, -0.05) is 12.1 Å². The van der Waals surface area contributed by atoms with Crippen molar-refractivity contribution < 1.29 is 4.52 Å². The molecule has 0 bridgehead atoms. The predicted molar refractivity (Wildman–Crippen MR) is 97.2 cm³/mol. The molecule has 3 rings (SSSR count). The summed E-state index contributed by atoms with van der Waals surface area (Å²) in [5.74, 6) is 3.14. The SMILES string of the molecule is CCc1nsc(N2CCN(C(=NC)NCCc3nc(C)no3)CC2)n1. The third kappa shape index (κ3) is 4.44. The monoisotopic (exact) mass is 364 g/mol. The van der Waals surface area contributed by atoms with E-state index < -0.39 is 0 Å². The summed E-state index contributed by atoms with van der Waals surface area (Å²) < 4.78 is 9.50. The molecule has 136 valence electrons. The lowest BCUT2D eigenvalue weighted by Gasteiger charge is -2.36. The summed E-state index contributed by atoms with van der Waals surface area (Å²) >= 11 is 1.49. The van der Waals surface area contributed by atoms with Crippen molar-refractivity contribution in [2.45, 2.75) is 26.7 Å². The number of anilines is 1. The Hall–Kier alpha value is -2.23. The zero-order chi connectivity index (χ0) is 17.6. The number of aromatic nitrogens is 4. The van der Waals surface area contributed by atoms with Gasteiger partial charge in [-0.2, -0.15) is 9.36 Å². The van der Waals surface area contributed by atoms with Gasteiger partial charge in [0, 0.05) is 64.1 Å². The molecule has 3 heterocycles. The first-order valence-corrected chi connectivity index (χ1v) is 9.29. The maximum absolute atomic E-state index is 5.13. The van der Waals surface area contributed by atoms with E-state index in [-0.39, 0.29) is 0 Å². The van der Waals surface area contributed by atoms with Crippen LogP contribution >= 0.6 is 11.5 Å². The average molecular weight is 364 g/mol. The maximum Gasteiger partial charge on any atom is 0.228 e. The molecule has 10 heteroatoms. The Kier molecular flexibility index (Phi) is 5.79. The van der Waals surface area contributed by atoms with E-state index >= 15 is 0 Å². The van der Waals surface area contributed by atoms with Gasteiger partial charge in [0.15, 0.2) is 11.8 Å². The number of nitrogens with one attached hydrogen (secondary N) is 1. The molecule has 1 saturated heterocycles. The third-order valence-corrected chi connectivity index (χ3v) is 4.84. The Morgan fingerprint density at radius 2 is 2.08 bits per heavy atom. The first-order valence-electron chi connectivity index (χ1n) is 8.52. The van der Waals surface area contributed by atoms with E-state index in [4.69, 9.17) is 4.52 Å². The van der Waals surface area contributed by atoms with E-state index in [1.807, 2.05) is 14.0 Å². The van der Waals surface area contributed by atoms with Gasteiger partial charge in [-0.05, 0) is 6.92 Å². The van der Waals surface area contributed by atoms with Crippen molar-refractivity contribution in [1.29, 1.82) is 0 Å². The minimum atomic E-state index is 0.647. The number of hydrogen-bond donors (Lipinski definition) is 1. The van der Waals surface area contributed by atoms with Gasteiger partial charge < -0.3 is 19.6 Å². The summed E-state index contributed by atoms with van der Waals surface area (Å²) in [5, 5.41) is 8.19. The first kappa shape index (κ1) is 17.6. The fourth-order valence-corrected chi connectivity index (χ4v) is 3.48. The van der Waals surface area contributed by atoms with Gasteiger partial charge in [-0.15, -0.1) is 0 Å². The highest BCUT2D eigenvalue weighted by atomic mass is 32.1. The van der Waals surface area contributed by atoms with Crippen LogP contribution in [0.2, 0.25) is 0 Å². The molecule has 1 aliphatic rings. The molecule has 1 fully saturated rings. The highest BCUT2D eigenvalue weighted by molar-refractivity contribution is 7.09. The number of guanidine groups is 1. The molecular weight excluding hydrogens is 340 g/mol. The molecule has 2 aromatic rings. The van der Waals surface area contributed by atoms with Gasteiger partial charge in [0.1, 0.15) is 5.82 Å². The van der Waals surface area contributed by atoms with Crippen LogP contribution in [0.1, 0.15) is 24.5 Å². The van der Waals surface area contributed by atoms with Crippen LogP contribution in [0.3, 0.4) is 0 Å². The number of nitrogens with zero attached hydrogens (tertiary/aromatic N) is 7. The van der Waals surface area contributed by atoms with E-state index in [1.54, 1.807) is 0 Å². The molecule has 9 nitrogen and oxygen atoms in total. The fourth-order valence-electron chi connectivity index (χ4n) is 2.68. The van der Waals surface area contributed by atoms with Crippen molar-refractivity contribution >= 4 is 22.6 Å². The molecule has 1 N–H and O–H groups in total. The largest absolute Gasteiger partial charge is 0.356 e. The Morgan fingerprint density at radius 3 is 2.68 bits per heavy atom. The lowest BCUT2D eigenvalue weighted by Crippen LogP contribution is -2.52. The highest BCUT2D eigenvalue weighted by Gasteiger charge is 2.22. The van der Waals surface area contributed by atoms with Crippen LogP contribution in [0.4, 0.5) is 5.13 Å². The van der Waals surface area contributed by atoms with Gasteiger partial charge >= 0.3 is 0 Å². The van der Waals surface area contributed by atoms with E-state index in [2.05, 4.69) is 46.5 Å². The smallest absolute Gasteiger partial charge is 0.228 e. The van der Waals surface area contributed by atoms with E-state index in [0.717, 1.165) is 49.5 Å². The molecule has 0 amide bonds. The maximum atomic E-state index is 5.13. The summed E-state index contributed by atoms with van der Waals surface area (Å²) in [7, 11) is 1.81. The van der Waals surface area contributed by atoms with Gasteiger partial charge in [0.25, 0.3) is 0 Å². The molecule has 0 atom stereocenters. The third-order valence-electron chi connectivity index (χ3n) is 4.03. The number of aryl methyl sites for hydroxylation is 2. The van der Waals surface area contributed by atoms with Crippen LogP contribution in [-0.2, 0) is 12.8 Å². The van der Waals surface area contributed by atoms with Crippen molar-refractivity contribution in [2.24, 2.45) is 4.99 Å². The second kappa shape index (κ2) is 8.24. The van der Waals surface area contributed by atoms with Crippen LogP contribution < -0.4 is 10.2 Å². The molecule has 25 heavy (non-hydrogen) atoms. The van der Waals surface area contributed by atoms with Gasteiger partial charge in [0.05, 0.1) is 0 Å². The molecule has 2 aromatic heterocycles. The molecule has 0 radical (unpaired) electrons. The normalized spacial score (nSPS) is 15.7. The Labute approximate surface area is 151 Å². The fraction of sp³-hybridized carbons (Fsp3) is 0.667. The van der Waals surface area contributed by atoms with Crippen molar-refractivity contribution in [3.05, 3.63) is 17.5 Å². The second-order valence-electron chi connectivity index (χ2n) is 5.78. The van der Waals surface area contributed by atoms with Crippen LogP contribution in [0, 0.1) is 6.92 Å². The van der Waals surface area contributed by atoms with Crippen molar-refractivity contribution in [3.8, 4) is 0 Å². The van der Waals surface area contributed by atoms with Crippen molar-refractivity contribution in [3.63, 3.8) is 0 Å². The minimum Gasteiger partial charge on any atom is -0.356 e. The predicted octanol–water partition coefficient (Wildman–Crippen LogP) is 0.732. The molecule has 0 unspecified atom stereocenters. The van der Waals surface area contributed by atoms with E-state index in [1.165, 1.54) is 11.5 Å². The Bertz CT molecular complexity index is 704. The van der Waals surface area contributed by atoms with Crippen molar-refractivity contribution in [1.82, 2.24) is 29.7 Å². The van der Waals surface area contributed by atoms with E-state index in [9.17, 15) is 0 Å². The standard InChI is InChI=1S/C15H24N8OS/c1-4-12-19-15(25-21-12)23-9-7-22(8-10-23)14(16-3)17-6-5-13-18-11(2)20-24-13/h4-10H2,1-3H3,(H,16,17). The second-order valence-corrected chi connectivity index (χ2v) is 6.51. The van der Waals surface area contributed by atoms with E-state index in [0.29, 0.717) is 24.7 Å². The van der Waals surface area contributed by atoms with Crippen LogP contribution in [0.25, 0.3) is 0 Å². The highest BCUT2D eigenvalue weighted by Crippen LogP contribution is 2.19. The van der Waals surface area contributed by atoms with Crippen molar-refractivity contribution in [2.75, 3.05) is 44.7 Å². The molecule has 0 aromatic carbocycles. The summed E-state index contributed by atoms with van der Waals surface area (Å²) in [5.41, 5.74) is 0. The summed E-state index contributed by atoms with van der Waals surface area (Å²) in [4.78, 5) is 17.7. The molecule has 0 spiro atoms. The lowest BCUT2D eigenvalue weighted by atomic mass is 10.3. The summed E-state index contributed by atoms with van der Waals surface area (Å²) in [6.07, 6.45) is 1.57.